The molecule has 7 nitrogen and oxygen atoms in total. The normalized spacial score (nSPS) is 16.7. The van der Waals surface area contributed by atoms with Crippen LogP contribution >= 0.6 is 0 Å². The number of carbonyl (C=O) groups excluding carboxylic acids is 1. The van der Waals surface area contributed by atoms with Gasteiger partial charge in [0.25, 0.3) is 5.91 Å². The maximum Gasteiger partial charge on any atom is 0.274 e. The number of amides is 1. The summed E-state index contributed by atoms with van der Waals surface area (Å²) in [5.41, 5.74) is 2.77. The van der Waals surface area contributed by atoms with E-state index in [1.54, 1.807) is 14.2 Å². The number of rotatable bonds is 9. The van der Waals surface area contributed by atoms with Gasteiger partial charge in [-0.05, 0) is 62.4 Å². The van der Waals surface area contributed by atoms with Crippen LogP contribution in [0.15, 0.2) is 24.3 Å². The zero-order valence-electron chi connectivity index (χ0n) is 19.5. The molecule has 1 N–H and O–H groups in total. The van der Waals surface area contributed by atoms with Gasteiger partial charge in [-0.1, -0.05) is 19.9 Å². The van der Waals surface area contributed by atoms with E-state index >= 15 is 0 Å². The van der Waals surface area contributed by atoms with Crippen LogP contribution in [0.2, 0.25) is 0 Å². The number of hydrogen-bond acceptors (Lipinski definition) is 5. The Labute approximate surface area is 185 Å². The fourth-order valence-electron chi connectivity index (χ4n) is 4.20. The fourth-order valence-corrected chi connectivity index (χ4v) is 4.20. The lowest BCUT2D eigenvalue weighted by Crippen LogP contribution is -2.49. The van der Waals surface area contributed by atoms with E-state index in [4.69, 9.17) is 9.47 Å². The molecule has 1 aliphatic rings. The number of ether oxygens (including phenoxy) is 2. The number of hydrogen-bond donors (Lipinski definition) is 1. The summed E-state index contributed by atoms with van der Waals surface area (Å²) in [6, 6.07) is 8.33. The van der Waals surface area contributed by atoms with Gasteiger partial charge in [0.15, 0.2) is 11.5 Å². The molecule has 1 amide bonds. The van der Waals surface area contributed by atoms with Crippen LogP contribution in [-0.2, 0) is 12.8 Å². The molecular weight excluding hydrogens is 392 g/mol. The van der Waals surface area contributed by atoms with Crippen molar-refractivity contribution in [3.63, 3.8) is 0 Å². The number of nitrogens with zero attached hydrogens (tertiary/aromatic N) is 3. The highest BCUT2D eigenvalue weighted by molar-refractivity contribution is 5.92. The SMILES string of the molecule is COc1ccc(CCN(C)[C@@H]2CCCN(C(=O)c3cc(CC(C)C)[nH]n3)C2)cc1OC. The van der Waals surface area contributed by atoms with Gasteiger partial charge in [-0.3, -0.25) is 9.89 Å². The van der Waals surface area contributed by atoms with Gasteiger partial charge in [-0.15, -0.1) is 0 Å². The summed E-state index contributed by atoms with van der Waals surface area (Å²) in [5, 5.41) is 7.29. The molecule has 2 aromatic rings. The second-order valence-corrected chi connectivity index (χ2v) is 8.84. The predicted molar refractivity (Wildman–Crippen MR) is 122 cm³/mol. The number of nitrogens with one attached hydrogen (secondary N) is 1. The van der Waals surface area contributed by atoms with E-state index in [0.29, 0.717) is 17.7 Å². The zero-order valence-corrected chi connectivity index (χ0v) is 19.5. The summed E-state index contributed by atoms with van der Waals surface area (Å²) in [6.07, 6.45) is 3.94. The molecule has 1 atom stereocenters. The van der Waals surface area contributed by atoms with E-state index in [2.05, 4.69) is 42.1 Å². The van der Waals surface area contributed by atoms with Crippen LogP contribution < -0.4 is 9.47 Å². The molecule has 7 heteroatoms. The molecule has 170 valence electrons. The van der Waals surface area contributed by atoms with Crippen LogP contribution in [0.25, 0.3) is 0 Å². The lowest BCUT2D eigenvalue weighted by Gasteiger charge is -2.37. The lowest BCUT2D eigenvalue weighted by atomic mass is 10.0. The minimum Gasteiger partial charge on any atom is -0.493 e. The Balaban J connectivity index is 1.56. The molecule has 0 unspecified atom stereocenters. The highest BCUT2D eigenvalue weighted by Gasteiger charge is 2.28. The summed E-state index contributed by atoms with van der Waals surface area (Å²) >= 11 is 0. The summed E-state index contributed by atoms with van der Waals surface area (Å²) in [7, 11) is 5.46. The first-order valence-electron chi connectivity index (χ1n) is 11.2. The highest BCUT2D eigenvalue weighted by Crippen LogP contribution is 2.28. The summed E-state index contributed by atoms with van der Waals surface area (Å²) in [4.78, 5) is 17.3. The highest BCUT2D eigenvalue weighted by atomic mass is 16.5. The molecule has 31 heavy (non-hydrogen) atoms. The third-order valence-corrected chi connectivity index (χ3v) is 5.99. The van der Waals surface area contributed by atoms with Crippen LogP contribution in [0.5, 0.6) is 11.5 Å². The third-order valence-electron chi connectivity index (χ3n) is 5.99. The average Bonchev–Trinajstić information content (AvgIpc) is 3.24. The largest absolute Gasteiger partial charge is 0.493 e. The van der Waals surface area contributed by atoms with E-state index in [-0.39, 0.29) is 5.91 Å². The smallest absolute Gasteiger partial charge is 0.274 e. The minimum absolute atomic E-state index is 0.0317. The fraction of sp³-hybridized carbons (Fsp3) is 0.583. The van der Waals surface area contributed by atoms with E-state index in [0.717, 1.165) is 62.5 Å². The van der Waals surface area contributed by atoms with Crippen molar-refractivity contribution in [1.29, 1.82) is 0 Å². The number of benzene rings is 1. The standard InChI is InChI=1S/C24H36N4O3/c1-17(2)13-19-15-21(26-25-19)24(29)28-11-6-7-20(16-28)27(3)12-10-18-8-9-22(30-4)23(14-18)31-5/h8-9,14-15,17,20H,6-7,10-13,16H2,1-5H3,(H,25,26)/t20-/m1/s1. The monoisotopic (exact) mass is 428 g/mol. The molecule has 0 bridgehead atoms. The number of likely N-dealkylation sites (tertiary alicyclic amines) is 1. The van der Waals surface area contributed by atoms with E-state index in [1.807, 2.05) is 23.1 Å². The van der Waals surface area contributed by atoms with Crippen molar-refractivity contribution in [3.05, 3.63) is 41.2 Å². The Hall–Kier alpha value is -2.54. The van der Waals surface area contributed by atoms with Crippen molar-refractivity contribution >= 4 is 5.91 Å². The average molecular weight is 429 g/mol. The predicted octanol–water partition coefficient (Wildman–Crippen LogP) is 3.40. The van der Waals surface area contributed by atoms with Crippen molar-refractivity contribution in [2.24, 2.45) is 5.92 Å². The first-order valence-corrected chi connectivity index (χ1v) is 11.2. The number of piperidine rings is 1. The van der Waals surface area contributed by atoms with Crippen molar-refractivity contribution in [2.45, 2.75) is 45.6 Å². The molecule has 0 aliphatic carbocycles. The molecule has 1 aromatic heterocycles. The summed E-state index contributed by atoms with van der Waals surface area (Å²) in [5.74, 6) is 2.07. The number of H-pyrrole nitrogens is 1. The number of aromatic nitrogens is 2. The van der Waals surface area contributed by atoms with Gasteiger partial charge < -0.3 is 19.3 Å². The van der Waals surface area contributed by atoms with Crippen molar-refractivity contribution in [1.82, 2.24) is 20.0 Å². The molecule has 1 fully saturated rings. The lowest BCUT2D eigenvalue weighted by molar-refractivity contribution is 0.0606. The Morgan fingerprint density at radius 1 is 1.26 bits per heavy atom. The van der Waals surface area contributed by atoms with E-state index in [1.165, 1.54) is 5.56 Å². The molecule has 0 saturated carbocycles. The second kappa shape index (κ2) is 10.7. The van der Waals surface area contributed by atoms with Crippen molar-refractivity contribution < 1.29 is 14.3 Å². The number of carbonyl (C=O) groups is 1. The zero-order chi connectivity index (χ0) is 22.4. The van der Waals surface area contributed by atoms with Gasteiger partial charge in [0.1, 0.15) is 5.69 Å². The molecule has 2 heterocycles. The van der Waals surface area contributed by atoms with Gasteiger partial charge >= 0.3 is 0 Å². The molecule has 1 aliphatic heterocycles. The molecule has 1 aromatic carbocycles. The third kappa shape index (κ3) is 6.00. The van der Waals surface area contributed by atoms with Gasteiger partial charge in [0.05, 0.1) is 14.2 Å². The first-order chi connectivity index (χ1) is 14.9. The van der Waals surface area contributed by atoms with Crippen LogP contribution in [0.1, 0.15) is 48.4 Å². The van der Waals surface area contributed by atoms with Crippen LogP contribution in [0.3, 0.4) is 0 Å². The first kappa shape index (κ1) is 23.1. The molecule has 0 spiro atoms. The van der Waals surface area contributed by atoms with Gasteiger partial charge in [0, 0.05) is 31.4 Å². The topological polar surface area (TPSA) is 70.7 Å². The molecule has 0 radical (unpaired) electrons. The molecule has 3 rings (SSSR count). The van der Waals surface area contributed by atoms with Gasteiger partial charge in [-0.2, -0.15) is 5.10 Å². The van der Waals surface area contributed by atoms with Crippen molar-refractivity contribution in [3.8, 4) is 11.5 Å². The van der Waals surface area contributed by atoms with E-state index < -0.39 is 0 Å². The maximum atomic E-state index is 13.0. The van der Waals surface area contributed by atoms with Crippen LogP contribution in [-0.4, -0.2) is 72.8 Å². The second-order valence-electron chi connectivity index (χ2n) is 8.84. The Bertz CT molecular complexity index is 864. The summed E-state index contributed by atoms with van der Waals surface area (Å²) < 4.78 is 10.7. The van der Waals surface area contributed by atoms with Crippen LogP contribution in [0, 0.1) is 5.92 Å². The number of aromatic amines is 1. The molecular formula is C24H36N4O3. The minimum atomic E-state index is 0.0317. The van der Waals surface area contributed by atoms with Crippen LogP contribution in [0.4, 0.5) is 0 Å². The van der Waals surface area contributed by atoms with Gasteiger partial charge in [0.2, 0.25) is 0 Å². The number of likely N-dealkylation sites (N-methyl/N-ethyl adjacent to an activating group) is 1. The van der Waals surface area contributed by atoms with E-state index in [9.17, 15) is 4.79 Å². The maximum absolute atomic E-state index is 13.0. The summed E-state index contributed by atoms with van der Waals surface area (Å²) in [6.45, 7) is 6.78. The van der Waals surface area contributed by atoms with Crippen molar-refractivity contribution in [2.75, 3.05) is 40.9 Å². The Kier molecular flexibility index (Phi) is 7.96. The molecule has 1 saturated heterocycles. The quantitative estimate of drug-likeness (QED) is 0.663. The Morgan fingerprint density at radius 2 is 2.03 bits per heavy atom. The Morgan fingerprint density at radius 3 is 2.74 bits per heavy atom. The number of methoxy groups -OCH3 is 2. The van der Waals surface area contributed by atoms with Gasteiger partial charge in [-0.25, -0.2) is 0 Å².